The van der Waals surface area contributed by atoms with Crippen LogP contribution in [0, 0.1) is 0 Å². The van der Waals surface area contributed by atoms with E-state index in [1.165, 1.54) is 0 Å². The Balaban J connectivity index is 2.46. The van der Waals surface area contributed by atoms with Crippen LogP contribution in [0.15, 0.2) is 12.1 Å². The van der Waals surface area contributed by atoms with Gasteiger partial charge in [0.2, 0.25) is 0 Å². The van der Waals surface area contributed by atoms with Crippen molar-refractivity contribution in [2.75, 3.05) is 5.73 Å². The molecule has 0 spiro atoms. The van der Waals surface area contributed by atoms with Crippen LogP contribution in [0.5, 0.6) is 0 Å². The second kappa shape index (κ2) is 3.92. The number of anilines is 1. The van der Waals surface area contributed by atoms with E-state index in [0.29, 0.717) is 5.82 Å². The minimum absolute atomic E-state index is 0.196. The van der Waals surface area contributed by atoms with Crippen LogP contribution in [0.2, 0.25) is 0 Å². The molecule has 12 heavy (non-hydrogen) atoms. The number of nitrogens with two attached hydrogens (primary N) is 2. The molecule has 1 rings (SSSR count). The van der Waals surface area contributed by atoms with E-state index in [1.807, 2.05) is 19.1 Å². The van der Waals surface area contributed by atoms with Crippen molar-refractivity contribution in [1.29, 1.82) is 0 Å². The number of nitrogens with zero attached hydrogens (tertiary/aromatic N) is 1. The molecule has 0 saturated carbocycles. The molecule has 4 nitrogen and oxygen atoms in total. The van der Waals surface area contributed by atoms with E-state index in [1.54, 1.807) is 6.07 Å². The number of hydrogen-bond donors (Lipinski definition) is 3. The van der Waals surface area contributed by atoms with Crippen molar-refractivity contribution >= 4 is 11.9 Å². The van der Waals surface area contributed by atoms with Gasteiger partial charge in [-0.25, -0.2) is 0 Å². The van der Waals surface area contributed by atoms with Gasteiger partial charge in [0, 0.05) is 12.1 Å². The Morgan fingerprint density at radius 1 is 1.75 bits per heavy atom. The number of hydrogen-bond acceptors (Lipinski definition) is 3. The van der Waals surface area contributed by atoms with Crippen molar-refractivity contribution in [3.63, 3.8) is 0 Å². The Labute approximate surface area is 71.6 Å². The van der Waals surface area contributed by atoms with Gasteiger partial charge in [-0.1, -0.05) is 6.08 Å². The zero-order chi connectivity index (χ0) is 8.97. The highest BCUT2D eigenvalue weighted by Crippen LogP contribution is 2.03. The average Bonchev–Trinajstić information content (AvgIpc) is 2.35. The highest BCUT2D eigenvalue weighted by molar-refractivity contribution is 5.48. The number of nitrogen functional groups attached to an aromatic ring is 1. The van der Waals surface area contributed by atoms with Crippen molar-refractivity contribution in [3.05, 3.63) is 17.8 Å². The van der Waals surface area contributed by atoms with Crippen molar-refractivity contribution in [2.45, 2.75) is 19.4 Å². The summed E-state index contributed by atoms with van der Waals surface area (Å²) in [4.78, 5) is 0. The summed E-state index contributed by atoms with van der Waals surface area (Å²) in [6, 6.07) is 1.97. The van der Waals surface area contributed by atoms with Crippen LogP contribution in [0.1, 0.15) is 19.0 Å². The molecule has 0 saturated heterocycles. The Bertz CT molecular complexity index is 262. The van der Waals surface area contributed by atoms with Crippen molar-refractivity contribution in [3.8, 4) is 0 Å². The highest BCUT2D eigenvalue weighted by Gasteiger charge is 1.92. The SMILES string of the molecule is C[C@H](N)C/C=C/c1cc(N)n[nH]1. The molecular weight excluding hydrogens is 152 g/mol. The van der Waals surface area contributed by atoms with Crippen LogP contribution in [0.25, 0.3) is 6.08 Å². The quantitative estimate of drug-likeness (QED) is 0.619. The van der Waals surface area contributed by atoms with E-state index in [0.717, 1.165) is 12.1 Å². The highest BCUT2D eigenvalue weighted by atomic mass is 15.1. The smallest absolute Gasteiger partial charge is 0.145 e. The second-order valence-electron chi connectivity index (χ2n) is 2.86. The van der Waals surface area contributed by atoms with E-state index >= 15 is 0 Å². The minimum atomic E-state index is 0.196. The molecule has 1 aromatic rings. The lowest BCUT2D eigenvalue weighted by Gasteiger charge is -1.95. The van der Waals surface area contributed by atoms with Gasteiger partial charge in [-0.15, -0.1) is 0 Å². The van der Waals surface area contributed by atoms with Crippen LogP contribution in [0.3, 0.4) is 0 Å². The van der Waals surface area contributed by atoms with Gasteiger partial charge in [0.15, 0.2) is 0 Å². The van der Waals surface area contributed by atoms with Gasteiger partial charge in [-0.3, -0.25) is 5.10 Å². The number of rotatable bonds is 3. The van der Waals surface area contributed by atoms with Gasteiger partial charge in [0.1, 0.15) is 5.82 Å². The van der Waals surface area contributed by atoms with Crippen molar-refractivity contribution < 1.29 is 0 Å². The molecular formula is C8H14N4. The molecule has 0 aromatic carbocycles. The zero-order valence-electron chi connectivity index (χ0n) is 7.12. The van der Waals surface area contributed by atoms with Gasteiger partial charge >= 0.3 is 0 Å². The number of nitrogens with one attached hydrogen (secondary N) is 1. The molecule has 0 bridgehead atoms. The molecule has 0 unspecified atom stereocenters. The lowest BCUT2D eigenvalue weighted by molar-refractivity contribution is 0.759. The maximum absolute atomic E-state index is 5.56. The normalized spacial score (nSPS) is 13.8. The first-order valence-corrected chi connectivity index (χ1v) is 3.91. The van der Waals surface area contributed by atoms with Gasteiger partial charge in [-0.2, -0.15) is 5.10 Å². The van der Waals surface area contributed by atoms with Gasteiger partial charge in [0.05, 0.1) is 5.69 Å². The summed E-state index contributed by atoms with van der Waals surface area (Å²) in [6.07, 6.45) is 4.78. The largest absolute Gasteiger partial charge is 0.382 e. The van der Waals surface area contributed by atoms with E-state index in [9.17, 15) is 0 Å². The lowest BCUT2D eigenvalue weighted by Crippen LogP contribution is -2.12. The zero-order valence-corrected chi connectivity index (χ0v) is 7.12. The number of H-pyrrole nitrogens is 1. The van der Waals surface area contributed by atoms with E-state index in [2.05, 4.69) is 10.2 Å². The van der Waals surface area contributed by atoms with Gasteiger partial charge in [0.25, 0.3) is 0 Å². The molecule has 0 aliphatic heterocycles. The van der Waals surface area contributed by atoms with Gasteiger partial charge < -0.3 is 11.5 Å². The first-order chi connectivity index (χ1) is 5.68. The molecule has 4 heteroatoms. The Morgan fingerprint density at radius 3 is 3.00 bits per heavy atom. The molecule has 1 aromatic heterocycles. The summed E-state index contributed by atoms with van der Waals surface area (Å²) in [6.45, 7) is 1.96. The summed E-state index contributed by atoms with van der Waals surface area (Å²) in [5.74, 6) is 0.510. The predicted molar refractivity (Wildman–Crippen MR) is 50.3 cm³/mol. The molecule has 0 amide bonds. The fourth-order valence-electron chi connectivity index (χ4n) is 0.848. The molecule has 66 valence electrons. The summed E-state index contributed by atoms with van der Waals surface area (Å²) in [5.41, 5.74) is 11.9. The summed E-state index contributed by atoms with van der Waals surface area (Å²) >= 11 is 0. The lowest BCUT2D eigenvalue weighted by atomic mass is 10.2. The fraction of sp³-hybridized carbons (Fsp3) is 0.375. The Hall–Kier alpha value is -1.29. The van der Waals surface area contributed by atoms with E-state index < -0.39 is 0 Å². The standard InChI is InChI=1S/C8H14N4/c1-6(9)3-2-4-7-5-8(10)12-11-7/h2,4-6H,3,9H2,1H3,(H3,10,11,12)/b4-2+/t6-/m0/s1. The molecule has 1 atom stereocenters. The second-order valence-corrected chi connectivity index (χ2v) is 2.86. The monoisotopic (exact) mass is 166 g/mol. The third-order valence-corrected chi connectivity index (χ3v) is 1.42. The van der Waals surface area contributed by atoms with Crippen LogP contribution in [0.4, 0.5) is 5.82 Å². The molecule has 0 fully saturated rings. The number of aromatic amines is 1. The Kier molecular flexibility index (Phi) is 2.88. The number of aromatic nitrogens is 2. The van der Waals surface area contributed by atoms with Crippen LogP contribution >= 0.6 is 0 Å². The van der Waals surface area contributed by atoms with E-state index in [-0.39, 0.29) is 6.04 Å². The van der Waals surface area contributed by atoms with Crippen molar-refractivity contribution in [2.24, 2.45) is 5.73 Å². The fourth-order valence-corrected chi connectivity index (χ4v) is 0.848. The molecule has 0 aliphatic carbocycles. The summed E-state index contributed by atoms with van der Waals surface area (Å²) in [7, 11) is 0. The van der Waals surface area contributed by atoms with Gasteiger partial charge in [-0.05, 0) is 19.4 Å². The average molecular weight is 166 g/mol. The molecule has 0 radical (unpaired) electrons. The minimum Gasteiger partial charge on any atom is -0.382 e. The topological polar surface area (TPSA) is 80.7 Å². The summed E-state index contributed by atoms with van der Waals surface area (Å²) in [5, 5.41) is 6.56. The maximum atomic E-state index is 5.56. The van der Waals surface area contributed by atoms with E-state index in [4.69, 9.17) is 11.5 Å². The van der Waals surface area contributed by atoms with Crippen LogP contribution in [-0.4, -0.2) is 16.2 Å². The van der Waals surface area contributed by atoms with Crippen LogP contribution < -0.4 is 11.5 Å². The predicted octanol–water partition coefficient (Wildman–Crippen LogP) is 0.742. The molecule has 5 N–H and O–H groups in total. The van der Waals surface area contributed by atoms with Crippen molar-refractivity contribution in [1.82, 2.24) is 10.2 Å². The third-order valence-electron chi connectivity index (χ3n) is 1.42. The Morgan fingerprint density at radius 2 is 2.50 bits per heavy atom. The maximum Gasteiger partial charge on any atom is 0.145 e. The molecule has 1 heterocycles. The first-order valence-electron chi connectivity index (χ1n) is 3.91. The summed E-state index contributed by atoms with van der Waals surface area (Å²) < 4.78 is 0. The van der Waals surface area contributed by atoms with Crippen LogP contribution in [-0.2, 0) is 0 Å². The molecule has 0 aliphatic rings. The first kappa shape index (κ1) is 8.80. The third kappa shape index (κ3) is 2.75.